The highest BCUT2D eigenvalue weighted by molar-refractivity contribution is 5.89. The molecule has 4 rings (SSSR count). The van der Waals surface area contributed by atoms with Crippen LogP contribution >= 0.6 is 0 Å². The molecule has 0 unspecified atom stereocenters. The van der Waals surface area contributed by atoms with Crippen molar-refractivity contribution in [1.29, 1.82) is 0 Å². The number of nitrogens with zero attached hydrogens (tertiary/aromatic N) is 1. The zero-order chi connectivity index (χ0) is 17.2. The summed E-state index contributed by atoms with van der Waals surface area (Å²) < 4.78 is 16.2. The van der Waals surface area contributed by atoms with E-state index in [4.69, 9.17) is 14.2 Å². The first-order valence-electron chi connectivity index (χ1n) is 8.77. The van der Waals surface area contributed by atoms with Crippen molar-refractivity contribution in [2.75, 3.05) is 33.0 Å². The lowest BCUT2D eigenvalue weighted by Gasteiger charge is -2.16. The number of likely N-dealkylation sites (tertiary alicyclic amines) is 1. The predicted molar refractivity (Wildman–Crippen MR) is 88.5 cm³/mol. The van der Waals surface area contributed by atoms with Crippen molar-refractivity contribution in [3.8, 4) is 17.2 Å². The highest BCUT2D eigenvalue weighted by atomic mass is 16.7. The van der Waals surface area contributed by atoms with Crippen LogP contribution in [-0.2, 0) is 9.59 Å². The molecule has 2 aliphatic heterocycles. The van der Waals surface area contributed by atoms with E-state index in [2.05, 4.69) is 5.32 Å². The number of hydrogen-bond acceptors (Lipinski definition) is 5. The van der Waals surface area contributed by atoms with Crippen molar-refractivity contribution in [1.82, 2.24) is 10.2 Å². The molecule has 1 aliphatic carbocycles. The number of rotatable bonds is 7. The molecule has 1 aromatic rings. The summed E-state index contributed by atoms with van der Waals surface area (Å²) in [4.78, 5) is 26.0. The van der Waals surface area contributed by atoms with Gasteiger partial charge in [-0.25, -0.2) is 0 Å². The Morgan fingerprint density at radius 3 is 2.96 bits per heavy atom. The Morgan fingerprint density at radius 1 is 1.28 bits per heavy atom. The molecule has 7 nitrogen and oxygen atoms in total. The largest absolute Gasteiger partial charge is 0.492 e. The molecule has 0 spiro atoms. The summed E-state index contributed by atoms with van der Waals surface area (Å²) in [5.74, 6) is 2.50. The highest BCUT2D eigenvalue weighted by Crippen LogP contribution is 2.35. The molecular weight excluding hydrogens is 324 g/mol. The van der Waals surface area contributed by atoms with Gasteiger partial charge in [0.25, 0.3) is 0 Å². The fourth-order valence-corrected chi connectivity index (χ4v) is 3.19. The Kier molecular flexibility index (Phi) is 4.38. The fraction of sp³-hybridized carbons (Fsp3) is 0.556. The normalized spacial score (nSPS) is 21.5. The first kappa shape index (κ1) is 16.1. The summed E-state index contributed by atoms with van der Waals surface area (Å²) in [5, 5.41) is 2.86. The van der Waals surface area contributed by atoms with Gasteiger partial charge in [0.1, 0.15) is 12.4 Å². The van der Waals surface area contributed by atoms with Gasteiger partial charge in [0.15, 0.2) is 11.5 Å². The molecule has 0 radical (unpaired) electrons. The zero-order valence-corrected chi connectivity index (χ0v) is 14.0. The molecule has 0 bridgehead atoms. The van der Waals surface area contributed by atoms with Gasteiger partial charge >= 0.3 is 0 Å². The summed E-state index contributed by atoms with van der Waals surface area (Å²) in [6, 6.07) is 5.38. The number of benzene rings is 1. The van der Waals surface area contributed by atoms with Gasteiger partial charge in [-0.05, 0) is 30.9 Å². The van der Waals surface area contributed by atoms with E-state index in [0.717, 1.165) is 6.54 Å². The van der Waals surface area contributed by atoms with Crippen LogP contribution in [-0.4, -0.2) is 49.7 Å². The molecule has 2 amide bonds. The number of hydrogen-bond donors (Lipinski definition) is 1. The third kappa shape index (κ3) is 3.81. The average molecular weight is 346 g/mol. The summed E-state index contributed by atoms with van der Waals surface area (Å²) in [7, 11) is 0. The van der Waals surface area contributed by atoms with E-state index in [0.29, 0.717) is 49.3 Å². The zero-order valence-electron chi connectivity index (χ0n) is 14.0. The molecular formula is C18H22N2O5. The van der Waals surface area contributed by atoms with Crippen LogP contribution in [0.1, 0.15) is 19.3 Å². The Morgan fingerprint density at radius 2 is 2.12 bits per heavy atom. The molecule has 7 heteroatoms. The van der Waals surface area contributed by atoms with Crippen LogP contribution < -0.4 is 19.5 Å². The van der Waals surface area contributed by atoms with Gasteiger partial charge in [-0.1, -0.05) is 0 Å². The van der Waals surface area contributed by atoms with E-state index in [-0.39, 0.29) is 24.5 Å². The van der Waals surface area contributed by atoms with Crippen LogP contribution in [0.25, 0.3) is 0 Å². The number of carbonyl (C=O) groups is 2. The molecule has 0 aromatic heterocycles. The molecule has 25 heavy (non-hydrogen) atoms. The molecule has 3 aliphatic rings. The summed E-state index contributed by atoms with van der Waals surface area (Å²) in [5.41, 5.74) is 0. The maximum Gasteiger partial charge on any atom is 0.231 e. The lowest BCUT2D eigenvalue weighted by Crippen LogP contribution is -2.35. The number of fused-ring (bicyclic) bond motifs is 1. The minimum Gasteiger partial charge on any atom is -0.492 e. The van der Waals surface area contributed by atoms with E-state index in [1.807, 2.05) is 4.90 Å². The Labute approximate surface area is 146 Å². The van der Waals surface area contributed by atoms with Crippen LogP contribution in [0.15, 0.2) is 18.2 Å². The Bertz CT molecular complexity index is 673. The second-order valence-electron chi connectivity index (χ2n) is 6.80. The van der Waals surface area contributed by atoms with Crippen molar-refractivity contribution in [3.63, 3.8) is 0 Å². The quantitative estimate of drug-likeness (QED) is 0.750. The third-order valence-electron chi connectivity index (χ3n) is 4.77. The van der Waals surface area contributed by atoms with Gasteiger partial charge in [0, 0.05) is 25.6 Å². The van der Waals surface area contributed by atoms with Gasteiger partial charge in [-0.2, -0.15) is 0 Å². The van der Waals surface area contributed by atoms with Gasteiger partial charge in [0.05, 0.1) is 12.5 Å². The minimum atomic E-state index is -0.239. The smallest absolute Gasteiger partial charge is 0.231 e. The second kappa shape index (κ2) is 6.82. The van der Waals surface area contributed by atoms with E-state index in [1.54, 1.807) is 18.2 Å². The lowest BCUT2D eigenvalue weighted by atomic mass is 10.1. The van der Waals surface area contributed by atoms with Gasteiger partial charge in [-0.3, -0.25) is 9.59 Å². The second-order valence-corrected chi connectivity index (χ2v) is 6.80. The van der Waals surface area contributed by atoms with Gasteiger partial charge in [-0.15, -0.1) is 0 Å². The lowest BCUT2D eigenvalue weighted by molar-refractivity contribution is -0.129. The van der Waals surface area contributed by atoms with Crippen molar-refractivity contribution >= 4 is 11.8 Å². The summed E-state index contributed by atoms with van der Waals surface area (Å²) in [6.07, 6.45) is 2.73. The standard InChI is InChI=1S/C18H22N2O5/c21-17-7-13(10-20(17)9-12-1-2-12)18(22)19-5-6-23-14-3-4-15-16(8-14)25-11-24-15/h3-4,8,12-13H,1-2,5-7,9-11H2,(H,19,22)/t13-/m0/s1. The van der Waals surface area contributed by atoms with Crippen LogP contribution in [0.4, 0.5) is 0 Å². The van der Waals surface area contributed by atoms with Crippen LogP contribution in [0, 0.1) is 11.8 Å². The van der Waals surface area contributed by atoms with Crippen molar-refractivity contribution in [2.24, 2.45) is 11.8 Å². The summed E-state index contributed by atoms with van der Waals surface area (Å²) in [6.45, 7) is 2.35. The predicted octanol–water partition coefficient (Wildman–Crippen LogP) is 1.17. The third-order valence-corrected chi connectivity index (χ3v) is 4.77. The van der Waals surface area contributed by atoms with Crippen molar-refractivity contribution < 1.29 is 23.8 Å². The molecule has 2 heterocycles. The Balaban J connectivity index is 1.18. The minimum absolute atomic E-state index is 0.0686. The van der Waals surface area contributed by atoms with Gasteiger partial charge in [0.2, 0.25) is 18.6 Å². The van der Waals surface area contributed by atoms with Crippen LogP contribution in [0.2, 0.25) is 0 Å². The van der Waals surface area contributed by atoms with Crippen LogP contribution in [0.3, 0.4) is 0 Å². The maximum atomic E-state index is 12.2. The molecule has 1 aromatic carbocycles. The first-order chi connectivity index (χ1) is 12.2. The topological polar surface area (TPSA) is 77.1 Å². The maximum absolute atomic E-state index is 12.2. The van der Waals surface area contributed by atoms with Gasteiger partial charge < -0.3 is 24.4 Å². The molecule has 1 atom stereocenters. The number of nitrogens with one attached hydrogen (secondary N) is 1. The molecule has 134 valence electrons. The van der Waals surface area contributed by atoms with E-state index < -0.39 is 0 Å². The molecule has 2 fully saturated rings. The van der Waals surface area contributed by atoms with Crippen molar-refractivity contribution in [3.05, 3.63) is 18.2 Å². The first-order valence-corrected chi connectivity index (χ1v) is 8.77. The molecule has 1 saturated heterocycles. The Hall–Kier alpha value is -2.44. The van der Waals surface area contributed by atoms with Crippen molar-refractivity contribution in [2.45, 2.75) is 19.3 Å². The van der Waals surface area contributed by atoms with E-state index >= 15 is 0 Å². The number of amides is 2. The average Bonchev–Trinajstić information content (AvgIpc) is 3.17. The molecule has 1 N–H and O–H groups in total. The van der Waals surface area contributed by atoms with E-state index in [1.165, 1.54) is 12.8 Å². The number of carbonyl (C=O) groups excluding carboxylic acids is 2. The van der Waals surface area contributed by atoms with E-state index in [9.17, 15) is 9.59 Å². The SMILES string of the molecule is O=C(NCCOc1ccc2c(c1)OCO2)[C@H]1CC(=O)N(CC2CC2)C1. The fourth-order valence-electron chi connectivity index (χ4n) is 3.19. The summed E-state index contributed by atoms with van der Waals surface area (Å²) >= 11 is 0. The highest BCUT2D eigenvalue weighted by Gasteiger charge is 2.36. The monoisotopic (exact) mass is 346 g/mol. The van der Waals surface area contributed by atoms with Crippen LogP contribution in [0.5, 0.6) is 17.2 Å². The molecule has 1 saturated carbocycles. The number of ether oxygens (including phenoxy) is 3.